The standard InChI is InChI=1S/C11H14ClNOS/c1-14-11-3-2-9(4-10(11)12)15-7-8-5-13-6-8/h2-4,8,13H,5-7H2,1H3. The van der Waals surface area contributed by atoms with Crippen LogP contribution in [-0.2, 0) is 0 Å². The lowest BCUT2D eigenvalue weighted by Gasteiger charge is -2.26. The minimum absolute atomic E-state index is 0.689. The molecule has 2 nitrogen and oxygen atoms in total. The number of rotatable bonds is 4. The minimum Gasteiger partial charge on any atom is -0.495 e. The lowest BCUT2D eigenvalue weighted by atomic mass is 10.1. The van der Waals surface area contributed by atoms with E-state index in [0.717, 1.165) is 30.5 Å². The number of thioether (sulfide) groups is 1. The Morgan fingerprint density at radius 3 is 2.87 bits per heavy atom. The van der Waals surface area contributed by atoms with Gasteiger partial charge in [-0.3, -0.25) is 0 Å². The molecule has 0 aliphatic carbocycles. The van der Waals surface area contributed by atoms with Crippen LogP contribution in [0.1, 0.15) is 0 Å². The van der Waals surface area contributed by atoms with Crippen molar-refractivity contribution in [1.29, 1.82) is 0 Å². The zero-order valence-corrected chi connectivity index (χ0v) is 10.2. The zero-order valence-electron chi connectivity index (χ0n) is 8.63. The van der Waals surface area contributed by atoms with Crippen LogP contribution in [0.3, 0.4) is 0 Å². The maximum Gasteiger partial charge on any atom is 0.137 e. The number of nitrogens with one attached hydrogen (secondary N) is 1. The summed E-state index contributed by atoms with van der Waals surface area (Å²) in [5, 5.41) is 3.96. The Hall–Kier alpha value is -0.380. The second-order valence-corrected chi connectivity index (χ2v) is 5.13. The zero-order chi connectivity index (χ0) is 10.7. The summed E-state index contributed by atoms with van der Waals surface area (Å²) in [5.74, 6) is 2.72. The first-order chi connectivity index (χ1) is 7.29. The highest BCUT2D eigenvalue weighted by atomic mass is 35.5. The molecule has 2 rings (SSSR count). The fourth-order valence-corrected chi connectivity index (χ4v) is 2.77. The number of benzene rings is 1. The normalized spacial score (nSPS) is 16.1. The van der Waals surface area contributed by atoms with Gasteiger partial charge in [-0.1, -0.05) is 11.6 Å². The smallest absolute Gasteiger partial charge is 0.137 e. The summed E-state index contributed by atoms with van der Waals surface area (Å²) in [5.41, 5.74) is 0. The van der Waals surface area contributed by atoms with Crippen LogP contribution in [0, 0.1) is 5.92 Å². The van der Waals surface area contributed by atoms with Crippen molar-refractivity contribution >= 4 is 23.4 Å². The van der Waals surface area contributed by atoms with Crippen molar-refractivity contribution in [3.63, 3.8) is 0 Å². The predicted octanol–water partition coefficient (Wildman–Crippen LogP) is 2.66. The van der Waals surface area contributed by atoms with Gasteiger partial charge in [-0.2, -0.15) is 0 Å². The van der Waals surface area contributed by atoms with Crippen LogP contribution in [0.25, 0.3) is 0 Å². The Morgan fingerprint density at radius 1 is 1.53 bits per heavy atom. The van der Waals surface area contributed by atoms with E-state index >= 15 is 0 Å². The topological polar surface area (TPSA) is 21.3 Å². The van der Waals surface area contributed by atoms with Crippen LogP contribution in [0.15, 0.2) is 23.1 Å². The van der Waals surface area contributed by atoms with Crippen LogP contribution in [0.4, 0.5) is 0 Å². The second kappa shape index (κ2) is 5.10. The van der Waals surface area contributed by atoms with Crippen LogP contribution in [0.5, 0.6) is 5.75 Å². The molecule has 0 bridgehead atoms. The SMILES string of the molecule is COc1ccc(SCC2CNC2)cc1Cl. The maximum absolute atomic E-state index is 6.04. The van der Waals surface area contributed by atoms with E-state index < -0.39 is 0 Å². The number of ether oxygens (including phenoxy) is 1. The highest BCUT2D eigenvalue weighted by molar-refractivity contribution is 7.99. The number of methoxy groups -OCH3 is 1. The molecule has 0 unspecified atom stereocenters. The molecular formula is C11H14ClNOS. The van der Waals surface area contributed by atoms with Gasteiger partial charge in [0.15, 0.2) is 0 Å². The van der Waals surface area contributed by atoms with Crippen molar-refractivity contribution in [1.82, 2.24) is 5.32 Å². The Labute approximate surface area is 99.3 Å². The molecule has 0 radical (unpaired) electrons. The monoisotopic (exact) mass is 243 g/mol. The average Bonchev–Trinajstić information content (AvgIpc) is 2.16. The summed E-state index contributed by atoms with van der Waals surface area (Å²) in [7, 11) is 1.63. The van der Waals surface area contributed by atoms with Crippen molar-refractivity contribution < 1.29 is 4.74 Å². The van der Waals surface area contributed by atoms with Gasteiger partial charge in [-0.05, 0) is 37.2 Å². The van der Waals surface area contributed by atoms with Gasteiger partial charge in [0.25, 0.3) is 0 Å². The van der Waals surface area contributed by atoms with Crippen molar-refractivity contribution in [3.8, 4) is 5.75 Å². The fourth-order valence-electron chi connectivity index (χ4n) is 1.42. The molecule has 0 aromatic heterocycles. The summed E-state index contributed by atoms with van der Waals surface area (Å²) in [4.78, 5) is 1.22. The Kier molecular flexibility index (Phi) is 3.78. The van der Waals surface area contributed by atoms with E-state index in [9.17, 15) is 0 Å². The van der Waals surface area contributed by atoms with Crippen LogP contribution >= 0.6 is 23.4 Å². The van der Waals surface area contributed by atoms with E-state index in [4.69, 9.17) is 16.3 Å². The summed E-state index contributed by atoms with van der Waals surface area (Å²) >= 11 is 7.90. The molecule has 1 saturated heterocycles. The molecule has 0 atom stereocenters. The van der Waals surface area contributed by atoms with Gasteiger partial charge in [0, 0.05) is 10.6 Å². The summed E-state index contributed by atoms with van der Waals surface area (Å²) in [6.45, 7) is 2.30. The molecule has 82 valence electrons. The van der Waals surface area contributed by atoms with Gasteiger partial charge in [-0.25, -0.2) is 0 Å². The lowest BCUT2D eigenvalue weighted by molar-refractivity contribution is 0.385. The van der Waals surface area contributed by atoms with Gasteiger partial charge in [0.05, 0.1) is 12.1 Å². The molecule has 0 saturated carbocycles. The average molecular weight is 244 g/mol. The number of hydrogen-bond acceptors (Lipinski definition) is 3. The second-order valence-electron chi connectivity index (χ2n) is 3.63. The molecule has 1 N–H and O–H groups in total. The first kappa shape index (κ1) is 11.1. The van der Waals surface area contributed by atoms with Gasteiger partial charge >= 0.3 is 0 Å². The first-order valence-corrected chi connectivity index (χ1v) is 6.33. The third-order valence-corrected chi connectivity index (χ3v) is 4.00. The van der Waals surface area contributed by atoms with E-state index in [1.165, 1.54) is 4.90 Å². The lowest BCUT2D eigenvalue weighted by Crippen LogP contribution is -2.43. The number of hydrogen-bond donors (Lipinski definition) is 1. The molecule has 1 aromatic rings. The third-order valence-electron chi connectivity index (χ3n) is 2.47. The molecule has 1 aliphatic rings. The molecule has 1 aliphatic heterocycles. The third kappa shape index (κ3) is 2.80. The Bertz CT molecular complexity index is 341. The molecule has 4 heteroatoms. The number of halogens is 1. The van der Waals surface area contributed by atoms with Crippen molar-refractivity contribution in [2.24, 2.45) is 5.92 Å². The summed E-state index contributed by atoms with van der Waals surface area (Å²) < 4.78 is 5.11. The van der Waals surface area contributed by atoms with E-state index in [0.29, 0.717) is 5.02 Å². The van der Waals surface area contributed by atoms with Crippen molar-refractivity contribution in [2.75, 3.05) is 26.0 Å². The molecule has 0 spiro atoms. The van der Waals surface area contributed by atoms with Gasteiger partial charge in [0.2, 0.25) is 0 Å². The highest BCUT2D eigenvalue weighted by Crippen LogP contribution is 2.30. The maximum atomic E-state index is 6.04. The fraction of sp³-hybridized carbons (Fsp3) is 0.455. The van der Waals surface area contributed by atoms with E-state index in [2.05, 4.69) is 11.4 Å². The largest absolute Gasteiger partial charge is 0.495 e. The van der Waals surface area contributed by atoms with Crippen molar-refractivity contribution in [2.45, 2.75) is 4.90 Å². The van der Waals surface area contributed by atoms with Crippen LogP contribution < -0.4 is 10.1 Å². The minimum atomic E-state index is 0.689. The molecule has 1 fully saturated rings. The summed E-state index contributed by atoms with van der Waals surface area (Å²) in [6.07, 6.45) is 0. The van der Waals surface area contributed by atoms with E-state index in [1.54, 1.807) is 7.11 Å². The predicted molar refractivity (Wildman–Crippen MR) is 65.1 cm³/mol. The summed E-state index contributed by atoms with van der Waals surface area (Å²) in [6, 6.07) is 5.95. The van der Waals surface area contributed by atoms with E-state index in [1.807, 2.05) is 23.9 Å². The highest BCUT2D eigenvalue weighted by Gasteiger charge is 2.16. The first-order valence-electron chi connectivity index (χ1n) is 4.96. The molecule has 15 heavy (non-hydrogen) atoms. The van der Waals surface area contributed by atoms with Gasteiger partial charge in [-0.15, -0.1) is 11.8 Å². The molecule has 0 amide bonds. The Balaban J connectivity index is 1.93. The Morgan fingerprint density at radius 2 is 2.33 bits per heavy atom. The molecule has 1 aromatic carbocycles. The quantitative estimate of drug-likeness (QED) is 0.822. The van der Waals surface area contributed by atoms with E-state index in [-0.39, 0.29) is 0 Å². The molecular weight excluding hydrogens is 230 g/mol. The van der Waals surface area contributed by atoms with Crippen LogP contribution in [0.2, 0.25) is 5.02 Å². The van der Waals surface area contributed by atoms with Crippen molar-refractivity contribution in [3.05, 3.63) is 23.2 Å². The van der Waals surface area contributed by atoms with Crippen LogP contribution in [-0.4, -0.2) is 26.0 Å². The van der Waals surface area contributed by atoms with Gasteiger partial charge < -0.3 is 10.1 Å². The molecule has 1 heterocycles. The van der Waals surface area contributed by atoms with Gasteiger partial charge in [0.1, 0.15) is 5.75 Å².